The zero-order chi connectivity index (χ0) is 11.7. The van der Waals surface area contributed by atoms with E-state index in [9.17, 15) is 14.9 Å². The molecule has 82 valence electrons. The first-order valence-corrected chi connectivity index (χ1v) is 4.80. The number of alkyl halides is 1. The third-order valence-electron chi connectivity index (χ3n) is 1.98. The first-order chi connectivity index (χ1) is 7.63. The second kappa shape index (κ2) is 3.90. The van der Waals surface area contributed by atoms with Crippen LogP contribution in [0.2, 0.25) is 0 Å². The second-order valence-electron chi connectivity index (χ2n) is 2.96. The van der Waals surface area contributed by atoms with Crippen molar-refractivity contribution in [1.82, 2.24) is 4.98 Å². The van der Waals surface area contributed by atoms with Crippen LogP contribution in [-0.2, 0) is 0 Å². The molecule has 0 amide bonds. The van der Waals surface area contributed by atoms with E-state index in [0.29, 0.717) is 0 Å². The van der Waals surface area contributed by atoms with Gasteiger partial charge < -0.3 is 14.5 Å². The molecule has 16 heavy (non-hydrogen) atoms. The molecule has 1 aromatic heterocycles. The maximum atomic E-state index is 11.4. The molecule has 0 aliphatic rings. The zero-order valence-electron chi connectivity index (χ0n) is 7.84. The molecule has 0 aliphatic heterocycles. The maximum absolute atomic E-state index is 11.4. The summed E-state index contributed by atoms with van der Waals surface area (Å²) in [6.07, 6.45) is 0. The molecule has 6 nitrogen and oxygen atoms in total. The summed E-state index contributed by atoms with van der Waals surface area (Å²) in [7, 11) is 0. The fraction of sp³-hybridized carbons (Fsp3) is 0.111. The van der Waals surface area contributed by atoms with Crippen LogP contribution in [0.15, 0.2) is 22.6 Å². The molecule has 1 heterocycles. The molecule has 0 atom stereocenters. The van der Waals surface area contributed by atoms with Crippen molar-refractivity contribution in [3.63, 3.8) is 0 Å². The van der Waals surface area contributed by atoms with Gasteiger partial charge in [0.15, 0.2) is 11.4 Å². The minimum absolute atomic E-state index is 0.0971. The lowest BCUT2D eigenvalue weighted by Crippen LogP contribution is -2.00. The van der Waals surface area contributed by atoms with E-state index in [4.69, 9.17) is 16.0 Å². The standard InChI is InChI=1S/C9H5ClN2O4/c10-4-7(13)5-2-1-3-6-8(5)16-9(11-6)12(14)15/h1-3H,4H2. The van der Waals surface area contributed by atoms with E-state index < -0.39 is 10.9 Å². The first-order valence-electron chi connectivity index (χ1n) is 4.26. The molecule has 0 radical (unpaired) electrons. The number of oxazole rings is 1. The highest BCUT2D eigenvalue weighted by molar-refractivity contribution is 6.31. The summed E-state index contributed by atoms with van der Waals surface area (Å²) in [6, 6.07) is 3.94. The average molecular weight is 241 g/mol. The fourth-order valence-corrected chi connectivity index (χ4v) is 1.45. The van der Waals surface area contributed by atoms with Crippen LogP contribution in [0.4, 0.5) is 6.01 Å². The Morgan fingerprint density at radius 3 is 2.94 bits per heavy atom. The Morgan fingerprint density at radius 2 is 2.31 bits per heavy atom. The van der Waals surface area contributed by atoms with E-state index in [1.54, 1.807) is 6.07 Å². The molecule has 0 fully saturated rings. The minimum atomic E-state index is -0.755. The number of hydrogen-bond acceptors (Lipinski definition) is 5. The predicted octanol–water partition coefficient (Wildman–Crippen LogP) is 2.16. The minimum Gasteiger partial charge on any atom is -0.381 e. The third-order valence-corrected chi connectivity index (χ3v) is 2.22. The van der Waals surface area contributed by atoms with Crippen molar-refractivity contribution in [1.29, 1.82) is 0 Å². The molecule has 0 bridgehead atoms. The van der Waals surface area contributed by atoms with Gasteiger partial charge in [-0.25, -0.2) is 0 Å². The summed E-state index contributed by atoms with van der Waals surface area (Å²) < 4.78 is 4.89. The topological polar surface area (TPSA) is 86.2 Å². The van der Waals surface area contributed by atoms with Gasteiger partial charge in [0.05, 0.1) is 11.4 Å². The van der Waals surface area contributed by atoms with Crippen molar-refractivity contribution in [3.05, 3.63) is 33.9 Å². The maximum Gasteiger partial charge on any atom is 0.546 e. The number of nitrogens with zero attached hydrogens (tertiary/aromatic N) is 2. The molecule has 0 spiro atoms. The van der Waals surface area contributed by atoms with Gasteiger partial charge in [-0.3, -0.25) is 4.79 Å². The normalized spacial score (nSPS) is 10.6. The van der Waals surface area contributed by atoms with Gasteiger partial charge in [0.2, 0.25) is 5.52 Å². The van der Waals surface area contributed by atoms with Crippen LogP contribution in [0.25, 0.3) is 11.1 Å². The van der Waals surface area contributed by atoms with Gasteiger partial charge in [0, 0.05) is 9.91 Å². The molecular weight excluding hydrogens is 236 g/mol. The summed E-state index contributed by atoms with van der Waals surface area (Å²) in [4.78, 5) is 24.8. The van der Waals surface area contributed by atoms with Crippen LogP contribution >= 0.6 is 11.6 Å². The number of nitro groups is 1. The van der Waals surface area contributed by atoms with E-state index >= 15 is 0 Å². The summed E-state index contributed by atoms with van der Waals surface area (Å²) in [6.45, 7) is 0. The highest BCUT2D eigenvalue weighted by Crippen LogP contribution is 2.24. The largest absolute Gasteiger partial charge is 0.546 e. The van der Waals surface area contributed by atoms with Crippen molar-refractivity contribution in [2.24, 2.45) is 0 Å². The van der Waals surface area contributed by atoms with Crippen LogP contribution < -0.4 is 0 Å². The molecule has 7 heteroatoms. The van der Waals surface area contributed by atoms with E-state index in [1.165, 1.54) is 12.1 Å². The Kier molecular flexibility index (Phi) is 2.57. The number of rotatable bonds is 3. The number of carbonyl (C=O) groups is 1. The lowest BCUT2D eigenvalue weighted by atomic mass is 10.1. The Morgan fingerprint density at radius 1 is 1.56 bits per heavy atom. The number of halogens is 1. The van der Waals surface area contributed by atoms with Crippen molar-refractivity contribution in [3.8, 4) is 0 Å². The van der Waals surface area contributed by atoms with Crippen molar-refractivity contribution >= 4 is 34.5 Å². The monoisotopic (exact) mass is 240 g/mol. The number of fused-ring (bicyclic) bond motifs is 1. The second-order valence-corrected chi connectivity index (χ2v) is 3.23. The number of Topliss-reactive ketones (excluding diaryl/α,β-unsaturated/α-hetero) is 1. The SMILES string of the molecule is O=C(CCl)c1cccc2nc([N+](=O)[O-])oc12. The van der Waals surface area contributed by atoms with Crippen molar-refractivity contribution in [2.75, 3.05) is 5.88 Å². The van der Waals surface area contributed by atoms with Crippen LogP contribution in [-0.4, -0.2) is 21.6 Å². The van der Waals surface area contributed by atoms with Crippen molar-refractivity contribution < 1.29 is 14.1 Å². The Labute approximate surface area is 94.0 Å². The molecule has 0 unspecified atom stereocenters. The van der Waals surface area contributed by atoms with E-state index in [1.807, 2.05) is 0 Å². The summed E-state index contributed by atoms with van der Waals surface area (Å²) in [5, 5.41) is 10.5. The van der Waals surface area contributed by atoms with Gasteiger partial charge in [-0.2, -0.15) is 0 Å². The average Bonchev–Trinajstić information content (AvgIpc) is 2.71. The first kappa shape index (κ1) is 10.6. The highest BCUT2D eigenvalue weighted by atomic mass is 35.5. The molecular formula is C9H5ClN2O4. The number of ketones is 1. The van der Waals surface area contributed by atoms with Crippen LogP contribution in [0.5, 0.6) is 0 Å². The fourth-order valence-electron chi connectivity index (χ4n) is 1.31. The lowest BCUT2D eigenvalue weighted by Gasteiger charge is -1.94. The van der Waals surface area contributed by atoms with Gasteiger partial charge in [0.25, 0.3) is 0 Å². The molecule has 0 N–H and O–H groups in total. The molecule has 0 aliphatic carbocycles. The number of para-hydroxylation sites is 1. The van der Waals surface area contributed by atoms with Crippen LogP contribution in [0.3, 0.4) is 0 Å². The molecule has 0 saturated heterocycles. The number of aromatic nitrogens is 1. The summed E-state index contributed by atoms with van der Waals surface area (Å²) in [5.74, 6) is -0.577. The molecule has 0 saturated carbocycles. The smallest absolute Gasteiger partial charge is 0.381 e. The van der Waals surface area contributed by atoms with Gasteiger partial charge >= 0.3 is 6.01 Å². The van der Waals surface area contributed by atoms with Gasteiger partial charge in [0.1, 0.15) is 0 Å². The lowest BCUT2D eigenvalue weighted by molar-refractivity contribution is -0.406. The van der Waals surface area contributed by atoms with Gasteiger partial charge in [-0.05, 0) is 12.1 Å². The molecule has 1 aromatic carbocycles. The summed E-state index contributed by atoms with van der Waals surface area (Å²) in [5.41, 5.74) is 0.565. The quantitative estimate of drug-likeness (QED) is 0.355. The Balaban J connectivity index is 2.67. The predicted molar refractivity (Wildman–Crippen MR) is 55.7 cm³/mol. The van der Waals surface area contributed by atoms with Gasteiger partial charge in [-0.1, -0.05) is 6.07 Å². The summed E-state index contributed by atoms with van der Waals surface area (Å²) >= 11 is 5.41. The molecule has 2 rings (SSSR count). The number of hydrogen-bond donors (Lipinski definition) is 0. The highest BCUT2D eigenvalue weighted by Gasteiger charge is 2.21. The van der Waals surface area contributed by atoms with E-state index in [0.717, 1.165) is 0 Å². The van der Waals surface area contributed by atoms with Crippen LogP contribution in [0.1, 0.15) is 10.4 Å². The van der Waals surface area contributed by atoms with Gasteiger partial charge in [-0.15, -0.1) is 11.6 Å². The Bertz CT molecular complexity index is 578. The third kappa shape index (κ3) is 1.63. The number of benzene rings is 1. The zero-order valence-corrected chi connectivity index (χ0v) is 8.60. The number of carbonyl (C=O) groups excluding carboxylic acids is 1. The van der Waals surface area contributed by atoms with E-state index in [-0.39, 0.29) is 28.3 Å². The molecule has 2 aromatic rings. The van der Waals surface area contributed by atoms with Crippen LogP contribution in [0, 0.1) is 10.1 Å². The Hall–Kier alpha value is -1.95. The van der Waals surface area contributed by atoms with Crippen molar-refractivity contribution in [2.45, 2.75) is 0 Å². The van der Waals surface area contributed by atoms with E-state index in [2.05, 4.69) is 4.98 Å².